The molecule has 1 atom stereocenters. The van der Waals surface area contributed by atoms with Crippen LogP contribution in [-0.2, 0) is 13.0 Å². The van der Waals surface area contributed by atoms with Crippen LogP contribution in [0, 0.1) is 0 Å². The number of halogens is 1. The molecule has 0 saturated carbocycles. The fourth-order valence-electron chi connectivity index (χ4n) is 2.24. The van der Waals surface area contributed by atoms with Crippen molar-refractivity contribution in [1.29, 1.82) is 0 Å². The lowest BCUT2D eigenvalue weighted by molar-refractivity contribution is 0.497. The zero-order chi connectivity index (χ0) is 14.4. The summed E-state index contributed by atoms with van der Waals surface area (Å²) in [7, 11) is 0. The van der Waals surface area contributed by atoms with Gasteiger partial charge in [-0.15, -0.1) is 0 Å². The zero-order valence-electron chi connectivity index (χ0n) is 12.0. The second kappa shape index (κ2) is 7.41. The van der Waals surface area contributed by atoms with Crippen LogP contribution >= 0.6 is 11.6 Å². The van der Waals surface area contributed by atoms with Gasteiger partial charge < -0.3 is 9.88 Å². The van der Waals surface area contributed by atoms with Crippen LogP contribution in [0.4, 0.5) is 0 Å². The summed E-state index contributed by atoms with van der Waals surface area (Å²) in [5.74, 6) is 1.06. The van der Waals surface area contributed by atoms with Gasteiger partial charge in [0.05, 0.1) is 16.8 Å². The number of imidazole rings is 1. The fourth-order valence-corrected chi connectivity index (χ4v) is 2.49. The van der Waals surface area contributed by atoms with Gasteiger partial charge in [0, 0.05) is 31.6 Å². The second-order valence-electron chi connectivity index (χ2n) is 4.71. The highest BCUT2D eigenvalue weighted by Crippen LogP contribution is 2.23. The Balaban J connectivity index is 2.22. The normalized spacial score (nSPS) is 12.6. The van der Waals surface area contributed by atoms with Crippen LogP contribution in [0.5, 0.6) is 0 Å². The number of pyridine rings is 1. The van der Waals surface area contributed by atoms with Gasteiger partial charge in [0.1, 0.15) is 5.82 Å². The van der Waals surface area contributed by atoms with Crippen molar-refractivity contribution < 1.29 is 0 Å². The van der Waals surface area contributed by atoms with E-state index in [9.17, 15) is 0 Å². The van der Waals surface area contributed by atoms with E-state index in [0.29, 0.717) is 5.02 Å². The van der Waals surface area contributed by atoms with E-state index in [0.717, 1.165) is 37.4 Å². The van der Waals surface area contributed by atoms with Crippen LogP contribution < -0.4 is 5.32 Å². The average molecular weight is 293 g/mol. The first-order chi connectivity index (χ1) is 9.76. The molecule has 2 aromatic rings. The first kappa shape index (κ1) is 15.0. The maximum atomic E-state index is 6.28. The predicted octanol–water partition coefficient (Wildman–Crippen LogP) is 3.23. The van der Waals surface area contributed by atoms with Gasteiger partial charge >= 0.3 is 0 Å². The number of hydrogen-bond acceptors (Lipinski definition) is 3. The molecule has 1 N–H and O–H groups in total. The van der Waals surface area contributed by atoms with Crippen LogP contribution in [0.25, 0.3) is 0 Å². The van der Waals surface area contributed by atoms with Gasteiger partial charge in [-0.25, -0.2) is 4.98 Å². The van der Waals surface area contributed by atoms with Gasteiger partial charge in [-0.1, -0.05) is 18.5 Å². The minimum Gasteiger partial charge on any atom is -0.335 e. The topological polar surface area (TPSA) is 42.7 Å². The second-order valence-corrected chi connectivity index (χ2v) is 5.12. The third-order valence-electron chi connectivity index (χ3n) is 3.29. The summed E-state index contributed by atoms with van der Waals surface area (Å²) in [6.45, 7) is 6.13. The van der Waals surface area contributed by atoms with E-state index in [-0.39, 0.29) is 6.04 Å². The molecule has 0 fully saturated rings. The van der Waals surface area contributed by atoms with Crippen molar-refractivity contribution in [1.82, 2.24) is 19.9 Å². The Morgan fingerprint density at radius 1 is 1.30 bits per heavy atom. The number of rotatable bonds is 7. The molecule has 0 saturated heterocycles. The molecule has 0 amide bonds. The summed E-state index contributed by atoms with van der Waals surface area (Å²) in [6, 6.07) is 3.84. The number of nitrogens with one attached hydrogen (secondary N) is 1. The molecule has 4 nitrogen and oxygen atoms in total. The minimum absolute atomic E-state index is 0.0938. The summed E-state index contributed by atoms with van der Waals surface area (Å²) in [6.07, 6.45) is 7.50. The number of aromatic nitrogens is 3. The highest BCUT2D eigenvalue weighted by molar-refractivity contribution is 6.31. The van der Waals surface area contributed by atoms with Crippen molar-refractivity contribution in [3.05, 3.63) is 47.3 Å². The Hall–Kier alpha value is -1.39. The Bertz CT molecular complexity index is 538. The summed E-state index contributed by atoms with van der Waals surface area (Å²) in [4.78, 5) is 8.88. The zero-order valence-corrected chi connectivity index (χ0v) is 12.8. The number of aryl methyl sites for hydroxylation is 1. The standard InChI is InChI=1S/C15H21ClN4/c1-3-7-17-13(15-12(16)6-5-8-19-15)11-14-18-9-10-20(14)4-2/h5-6,8-10,13,17H,3-4,7,11H2,1-2H3. The fraction of sp³-hybridized carbons (Fsp3) is 0.467. The Morgan fingerprint density at radius 3 is 2.85 bits per heavy atom. The van der Waals surface area contributed by atoms with Crippen molar-refractivity contribution in [2.45, 2.75) is 39.3 Å². The Kier molecular flexibility index (Phi) is 5.56. The van der Waals surface area contributed by atoms with Crippen molar-refractivity contribution >= 4 is 11.6 Å². The maximum absolute atomic E-state index is 6.28. The molecule has 2 aromatic heterocycles. The first-order valence-corrected chi connectivity index (χ1v) is 7.47. The Morgan fingerprint density at radius 2 is 2.15 bits per heavy atom. The molecule has 0 bridgehead atoms. The summed E-state index contributed by atoms with van der Waals surface area (Å²) >= 11 is 6.28. The molecular formula is C15H21ClN4. The molecule has 0 aliphatic rings. The van der Waals surface area contributed by atoms with Crippen LogP contribution in [0.15, 0.2) is 30.7 Å². The van der Waals surface area contributed by atoms with Crippen LogP contribution in [-0.4, -0.2) is 21.1 Å². The van der Waals surface area contributed by atoms with Gasteiger partial charge in [0.15, 0.2) is 0 Å². The molecule has 2 heterocycles. The SMILES string of the molecule is CCCNC(Cc1nccn1CC)c1ncccc1Cl. The van der Waals surface area contributed by atoms with E-state index in [1.54, 1.807) is 6.20 Å². The van der Waals surface area contributed by atoms with E-state index in [2.05, 4.69) is 33.7 Å². The molecule has 0 radical (unpaired) electrons. The lowest BCUT2D eigenvalue weighted by atomic mass is 10.1. The van der Waals surface area contributed by atoms with Crippen LogP contribution in [0.3, 0.4) is 0 Å². The van der Waals surface area contributed by atoms with Gasteiger partial charge in [0.25, 0.3) is 0 Å². The van der Waals surface area contributed by atoms with Gasteiger partial charge in [-0.05, 0) is 32.0 Å². The lowest BCUT2D eigenvalue weighted by Gasteiger charge is -2.19. The Labute approximate surface area is 125 Å². The molecule has 1 unspecified atom stereocenters. The third kappa shape index (κ3) is 3.58. The molecule has 108 valence electrons. The monoisotopic (exact) mass is 292 g/mol. The smallest absolute Gasteiger partial charge is 0.110 e. The molecular weight excluding hydrogens is 272 g/mol. The molecule has 0 aliphatic heterocycles. The predicted molar refractivity (Wildman–Crippen MR) is 81.9 cm³/mol. The summed E-state index contributed by atoms with van der Waals surface area (Å²) in [5, 5.41) is 4.22. The average Bonchev–Trinajstić information content (AvgIpc) is 2.91. The molecule has 2 rings (SSSR count). The maximum Gasteiger partial charge on any atom is 0.110 e. The van der Waals surface area contributed by atoms with Crippen LogP contribution in [0.1, 0.15) is 37.8 Å². The van der Waals surface area contributed by atoms with E-state index in [1.165, 1.54) is 0 Å². The van der Waals surface area contributed by atoms with Crippen LogP contribution in [0.2, 0.25) is 5.02 Å². The number of nitrogens with zero attached hydrogens (tertiary/aromatic N) is 3. The van der Waals surface area contributed by atoms with Gasteiger partial charge in [-0.2, -0.15) is 0 Å². The highest BCUT2D eigenvalue weighted by atomic mass is 35.5. The van der Waals surface area contributed by atoms with E-state index in [1.807, 2.05) is 24.5 Å². The van der Waals surface area contributed by atoms with E-state index < -0.39 is 0 Å². The van der Waals surface area contributed by atoms with E-state index >= 15 is 0 Å². The van der Waals surface area contributed by atoms with Crippen molar-refractivity contribution in [3.8, 4) is 0 Å². The lowest BCUT2D eigenvalue weighted by Crippen LogP contribution is -2.26. The highest BCUT2D eigenvalue weighted by Gasteiger charge is 2.18. The molecule has 5 heteroatoms. The van der Waals surface area contributed by atoms with Gasteiger partial charge in [0.2, 0.25) is 0 Å². The molecule has 0 spiro atoms. The summed E-state index contributed by atoms with van der Waals surface area (Å²) < 4.78 is 2.15. The summed E-state index contributed by atoms with van der Waals surface area (Å²) in [5.41, 5.74) is 0.897. The third-order valence-corrected chi connectivity index (χ3v) is 3.61. The van der Waals surface area contributed by atoms with E-state index in [4.69, 9.17) is 11.6 Å². The molecule has 0 aromatic carbocycles. The quantitative estimate of drug-likeness (QED) is 0.852. The first-order valence-electron chi connectivity index (χ1n) is 7.10. The van der Waals surface area contributed by atoms with Crippen molar-refractivity contribution in [2.75, 3.05) is 6.54 Å². The minimum atomic E-state index is 0.0938. The number of hydrogen-bond donors (Lipinski definition) is 1. The molecule has 0 aliphatic carbocycles. The van der Waals surface area contributed by atoms with Crippen molar-refractivity contribution in [3.63, 3.8) is 0 Å². The largest absolute Gasteiger partial charge is 0.335 e. The van der Waals surface area contributed by atoms with Crippen molar-refractivity contribution in [2.24, 2.45) is 0 Å². The molecule has 20 heavy (non-hydrogen) atoms. The van der Waals surface area contributed by atoms with Gasteiger partial charge in [-0.3, -0.25) is 4.98 Å².